The molecule has 0 saturated heterocycles. The van der Waals surface area contributed by atoms with E-state index in [0.29, 0.717) is 16.9 Å². The van der Waals surface area contributed by atoms with Crippen molar-refractivity contribution in [2.45, 2.75) is 26.3 Å². The summed E-state index contributed by atoms with van der Waals surface area (Å²) in [5, 5.41) is 3.14. The Bertz CT molecular complexity index is 994. The molecule has 4 heteroatoms. The molecule has 0 aliphatic rings. The van der Waals surface area contributed by atoms with Gasteiger partial charge in [0.15, 0.2) is 5.78 Å². The summed E-state index contributed by atoms with van der Waals surface area (Å²) in [4.78, 5) is 24.7. The van der Waals surface area contributed by atoms with Crippen molar-refractivity contribution in [1.82, 2.24) is 5.32 Å². The molecule has 1 amide bonds. The SMILES string of the molecule is COc1ccc(C(C)=O)cc1CC(=O)NC(c1ccccc1)c1ccc(C)cc1. The minimum absolute atomic E-state index is 0.0453. The predicted molar refractivity (Wildman–Crippen MR) is 114 cm³/mol. The average molecular weight is 387 g/mol. The second-order valence-electron chi connectivity index (χ2n) is 7.08. The van der Waals surface area contributed by atoms with Crippen LogP contribution in [0.4, 0.5) is 0 Å². The van der Waals surface area contributed by atoms with Crippen molar-refractivity contribution in [3.05, 3.63) is 101 Å². The van der Waals surface area contributed by atoms with Gasteiger partial charge in [-0.1, -0.05) is 60.2 Å². The van der Waals surface area contributed by atoms with Crippen molar-refractivity contribution in [2.75, 3.05) is 7.11 Å². The van der Waals surface area contributed by atoms with Crippen molar-refractivity contribution in [3.8, 4) is 5.75 Å². The van der Waals surface area contributed by atoms with E-state index in [1.807, 2.05) is 61.5 Å². The van der Waals surface area contributed by atoms with E-state index < -0.39 is 0 Å². The third kappa shape index (κ3) is 5.11. The smallest absolute Gasteiger partial charge is 0.225 e. The molecule has 0 radical (unpaired) electrons. The molecule has 3 rings (SSSR count). The zero-order chi connectivity index (χ0) is 20.8. The lowest BCUT2D eigenvalue weighted by Crippen LogP contribution is -2.30. The Hall–Kier alpha value is -3.40. The maximum absolute atomic E-state index is 12.9. The van der Waals surface area contributed by atoms with Crippen LogP contribution in [-0.2, 0) is 11.2 Å². The van der Waals surface area contributed by atoms with Gasteiger partial charge >= 0.3 is 0 Å². The molecule has 0 aliphatic heterocycles. The average Bonchev–Trinajstić information content (AvgIpc) is 2.73. The fourth-order valence-electron chi connectivity index (χ4n) is 3.28. The van der Waals surface area contributed by atoms with Crippen LogP contribution < -0.4 is 10.1 Å². The van der Waals surface area contributed by atoms with Gasteiger partial charge in [0.25, 0.3) is 0 Å². The number of carbonyl (C=O) groups is 2. The number of methoxy groups -OCH3 is 1. The molecular formula is C25H25NO3. The van der Waals surface area contributed by atoms with Gasteiger partial charge in [0.05, 0.1) is 19.6 Å². The maximum atomic E-state index is 12.9. The van der Waals surface area contributed by atoms with Crippen molar-refractivity contribution in [3.63, 3.8) is 0 Å². The highest BCUT2D eigenvalue weighted by Gasteiger charge is 2.18. The van der Waals surface area contributed by atoms with Crippen molar-refractivity contribution < 1.29 is 14.3 Å². The van der Waals surface area contributed by atoms with Crippen molar-refractivity contribution >= 4 is 11.7 Å². The lowest BCUT2D eigenvalue weighted by atomic mass is 9.97. The molecule has 3 aromatic carbocycles. The van der Waals surface area contributed by atoms with Gasteiger partial charge in [-0.05, 0) is 43.2 Å². The number of hydrogen-bond acceptors (Lipinski definition) is 3. The number of amides is 1. The summed E-state index contributed by atoms with van der Waals surface area (Å²) in [5.74, 6) is 0.409. The Morgan fingerprint density at radius 3 is 2.21 bits per heavy atom. The highest BCUT2D eigenvalue weighted by molar-refractivity contribution is 5.94. The normalized spacial score (nSPS) is 11.6. The van der Waals surface area contributed by atoms with E-state index in [-0.39, 0.29) is 24.2 Å². The number of nitrogens with one attached hydrogen (secondary N) is 1. The van der Waals surface area contributed by atoms with Gasteiger partial charge in [-0.25, -0.2) is 0 Å². The summed E-state index contributed by atoms with van der Waals surface area (Å²) in [5.41, 5.74) is 4.44. The Morgan fingerprint density at radius 2 is 1.59 bits per heavy atom. The van der Waals surface area contributed by atoms with Gasteiger partial charge < -0.3 is 10.1 Å². The number of benzene rings is 3. The second-order valence-corrected chi connectivity index (χ2v) is 7.08. The summed E-state index contributed by atoms with van der Waals surface area (Å²) >= 11 is 0. The van der Waals surface area contributed by atoms with E-state index in [2.05, 4.69) is 5.32 Å². The zero-order valence-electron chi connectivity index (χ0n) is 16.9. The van der Waals surface area contributed by atoms with Crippen LogP contribution in [0.2, 0.25) is 0 Å². The zero-order valence-corrected chi connectivity index (χ0v) is 16.9. The van der Waals surface area contributed by atoms with Gasteiger partial charge in [0.1, 0.15) is 5.75 Å². The molecule has 4 nitrogen and oxygen atoms in total. The molecule has 0 saturated carbocycles. The van der Waals surface area contributed by atoms with Crippen LogP contribution in [0, 0.1) is 6.92 Å². The van der Waals surface area contributed by atoms with Gasteiger partial charge in [-0.2, -0.15) is 0 Å². The highest BCUT2D eigenvalue weighted by Crippen LogP contribution is 2.24. The van der Waals surface area contributed by atoms with Crippen LogP contribution in [0.3, 0.4) is 0 Å². The van der Waals surface area contributed by atoms with Gasteiger partial charge in [0.2, 0.25) is 5.91 Å². The number of carbonyl (C=O) groups excluding carboxylic acids is 2. The second kappa shape index (κ2) is 9.20. The van der Waals surface area contributed by atoms with Gasteiger partial charge in [-0.15, -0.1) is 0 Å². The van der Waals surface area contributed by atoms with E-state index in [1.165, 1.54) is 6.92 Å². The third-order valence-corrected chi connectivity index (χ3v) is 4.89. The summed E-state index contributed by atoms with van der Waals surface area (Å²) in [7, 11) is 1.56. The minimum Gasteiger partial charge on any atom is -0.496 e. The van der Waals surface area contributed by atoms with Gasteiger partial charge in [0, 0.05) is 11.1 Å². The molecule has 0 spiro atoms. The van der Waals surface area contributed by atoms with E-state index in [4.69, 9.17) is 4.74 Å². The van der Waals surface area contributed by atoms with E-state index >= 15 is 0 Å². The molecule has 1 unspecified atom stereocenters. The molecule has 0 bridgehead atoms. The number of Topliss-reactive ketones (excluding diaryl/α,β-unsaturated/α-hetero) is 1. The largest absolute Gasteiger partial charge is 0.496 e. The topological polar surface area (TPSA) is 55.4 Å². The standard InChI is InChI=1S/C25H25NO3/c1-17-9-11-20(12-10-17)25(19-7-5-4-6-8-19)26-24(28)16-22-15-21(18(2)27)13-14-23(22)29-3/h4-15,25H,16H2,1-3H3,(H,26,28). The molecule has 29 heavy (non-hydrogen) atoms. The number of hydrogen-bond donors (Lipinski definition) is 1. The van der Waals surface area contributed by atoms with Crippen LogP contribution in [0.25, 0.3) is 0 Å². The first-order chi connectivity index (χ1) is 14.0. The Balaban J connectivity index is 1.87. The Morgan fingerprint density at radius 1 is 0.931 bits per heavy atom. The van der Waals surface area contributed by atoms with Crippen LogP contribution in [0.5, 0.6) is 5.75 Å². The molecule has 1 atom stereocenters. The van der Waals surface area contributed by atoms with Crippen LogP contribution in [0.1, 0.15) is 45.6 Å². The molecule has 148 valence electrons. The Kier molecular flexibility index (Phi) is 6.45. The van der Waals surface area contributed by atoms with Crippen LogP contribution in [0.15, 0.2) is 72.8 Å². The predicted octanol–water partition coefficient (Wildman–Crippen LogP) is 4.65. The number of ketones is 1. The first-order valence-corrected chi connectivity index (χ1v) is 9.56. The highest BCUT2D eigenvalue weighted by atomic mass is 16.5. The summed E-state index contributed by atoms with van der Waals surface area (Å²) in [6.07, 6.45) is 0.124. The van der Waals surface area contributed by atoms with Crippen molar-refractivity contribution in [1.29, 1.82) is 0 Å². The molecule has 0 heterocycles. The Labute approximate surface area is 171 Å². The summed E-state index contributed by atoms with van der Waals surface area (Å²) in [6, 6.07) is 22.9. The quantitative estimate of drug-likeness (QED) is 0.600. The van der Waals surface area contributed by atoms with Crippen LogP contribution in [-0.4, -0.2) is 18.8 Å². The monoisotopic (exact) mass is 387 g/mol. The van der Waals surface area contributed by atoms with Gasteiger partial charge in [-0.3, -0.25) is 9.59 Å². The fraction of sp³-hybridized carbons (Fsp3) is 0.200. The minimum atomic E-state index is -0.258. The third-order valence-electron chi connectivity index (χ3n) is 4.89. The molecule has 3 aromatic rings. The summed E-state index contributed by atoms with van der Waals surface area (Å²) in [6.45, 7) is 3.54. The van der Waals surface area contributed by atoms with Crippen LogP contribution >= 0.6 is 0 Å². The number of aryl methyl sites for hydroxylation is 1. The summed E-state index contributed by atoms with van der Waals surface area (Å²) < 4.78 is 5.38. The first kappa shape index (κ1) is 20.3. The molecule has 0 aromatic heterocycles. The lowest BCUT2D eigenvalue weighted by molar-refractivity contribution is -0.121. The van der Waals surface area contributed by atoms with E-state index in [0.717, 1.165) is 16.7 Å². The lowest BCUT2D eigenvalue weighted by Gasteiger charge is -2.20. The fourth-order valence-corrected chi connectivity index (χ4v) is 3.28. The van der Waals surface area contributed by atoms with Crippen molar-refractivity contribution in [2.24, 2.45) is 0 Å². The molecule has 1 N–H and O–H groups in total. The maximum Gasteiger partial charge on any atom is 0.225 e. The first-order valence-electron chi connectivity index (χ1n) is 9.56. The number of ether oxygens (including phenoxy) is 1. The van der Waals surface area contributed by atoms with E-state index in [9.17, 15) is 9.59 Å². The molecule has 0 aliphatic carbocycles. The molecule has 0 fully saturated rings. The molecular weight excluding hydrogens is 362 g/mol. The number of rotatable bonds is 7. The van der Waals surface area contributed by atoms with E-state index in [1.54, 1.807) is 25.3 Å².